The van der Waals surface area contributed by atoms with Crippen molar-refractivity contribution in [1.82, 2.24) is 10.2 Å². The van der Waals surface area contributed by atoms with E-state index in [-0.39, 0.29) is 18.4 Å². The van der Waals surface area contributed by atoms with Gasteiger partial charge in [-0.3, -0.25) is 14.5 Å². The van der Waals surface area contributed by atoms with Crippen LogP contribution < -0.4 is 10.6 Å². The number of hydrogen-bond donors (Lipinski definition) is 2. The minimum absolute atomic E-state index is 0.0464. The van der Waals surface area contributed by atoms with Crippen molar-refractivity contribution in [3.8, 4) is 0 Å². The van der Waals surface area contributed by atoms with E-state index in [4.69, 9.17) is 0 Å². The molecule has 1 heterocycles. The first-order valence-electron chi connectivity index (χ1n) is 8.53. The zero-order chi connectivity index (χ0) is 18.2. The molecular formula is C18H22FN3O3. The van der Waals surface area contributed by atoms with Gasteiger partial charge in [0.2, 0.25) is 5.91 Å². The summed E-state index contributed by atoms with van der Waals surface area (Å²) in [4.78, 5) is 38.3. The zero-order valence-corrected chi connectivity index (χ0v) is 14.4. The van der Waals surface area contributed by atoms with E-state index in [9.17, 15) is 18.8 Å². The summed E-state index contributed by atoms with van der Waals surface area (Å²) in [6.07, 6.45) is 3.40. The van der Waals surface area contributed by atoms with E-state index >= 15 is 0 Å². The second-order valence-corrected chi connectivity index (χ2v) is 6.95. The SMILES string of the molecule is Cc1cc(F)ccc1NC(=O)CN1C(=O)N[C@]2(CCCC[C@H]2C)C1=O. The fraction of sp³-hybridized carbons (Fsp3) is 0.500. The van der Waals surface area contributed by atoms with Gasteiger partial charge in [0, 0.05) is 5.69 Å². The number of anilines is 1. The second kappa shape index (κ2) is 6.46. The fourth-order valence-electron chi connectivity index (χ4n) is 3.74. The van der Waals surface area contributed by atoms with Gasteiger partial charge in [-0.15, -0.1) is 0 Å². The van der Waals surface area contributed by atoms with Crippen molar-refractivity contribution < 1.29 is 18.8 Å². The normalized spacial score (nSPS) is 26.0. The third kappa shape index (κ3) is 3.10. The molecule has 1 aromatic rings. The number of nitrogens with one attached hydrogen (secondary N) is 2. The molecule has 1 spiro atoms. The summed E-state index contributed by atoms with van der Waals surface area (Å²) in [5, 5.41) is 5.44. The van der Waals surface area contributed by atoms with Crippen molar-refractivity contribution in [1.29, 1.82) is 0 Å². The quantitative estimate of drug-likeness (QED) is 0.825. The number of rotatable bonds is 3. The number of urea groups is 1. The number of nitrogens with zero attached hydrogens (tertiary/aromatic N) is 1. The average molecular weight is 347 g/mol. The highest BCUT2D eigenvalue weighted by Gasteiger charge is 2.55. The van der Waals surface area contributed by atoms with Crippen molar-refractivity contribution in [3.05, 3.63) is 29.6 Å². The highest BCUT2D eigenvalue weighted by Crippen LogP contribution is 2.38. The number of carbonyl (C=O) groups excluding carboxylic acids is 3. The molecule has 1 saturated heterocycles. The minimum atomic E-state index is -0.874. The van der Waals surface area contributed by atoms with Gasteiger partial charge >= 0.3 is 6.03 Å². The van der Waals surface area contributed by atoms with Crippen molar-refractivity contribution in [2.45, 2.75) is 45.1 Å². The number of imide groups is 1. The fourth-order valence-corrected chi connectivity index (χ4v) is 3.74. The van der Waals surface area contributed by atoms with Crippen molar-refractivity contribution in [2.24, 2.45) is 5.92 Å². The summed E-state index contributed by atoms with van der Waals surface area (Å²) in [7, 11) is 0. The van der Waals surface area contributed by atoms with Gasteiger partial charge in [0.25, 0.3) is 5.91 Å². The Bertz CT molecular complexity index is 736. The first kappa shape index (κ1) is 17.4. The number of carbonyl (C=O) groups is 3. The van der Waals surface area contributed by atoms with Crippen LogP contribution in [0.1, 0.15) is 38.2 Å². The maximum Gasteiger partial charge on any atom is 0.325 e. The molecule has 134 valence electrons. The predicted molar refractivity (Wildman–Crippen MR) is 90.4 cm³/mol. The van der Waals surface area contributed by atoms with Crippen LogP contribution in [0.25, 0.3) is 0 Å². The summed E-state index contributed by atoms with van der Waals surface area (Å²) in [5.74, 6) is -1.16. The van der Waals surface area contributed by atoms with Gasteiger partial charge in [0.05, 0.1) is 0 Å². The van der Waals surface area contributed by atoms with Gasteiger partial charge in [-0.05, 0) is 49.4 Å². The molecule has 1 saturated carbocycles. The van der Waals surface area contributed by atoms with Crippen LogP contribution in [0.5, 0.6) is 0 Å². The van der Waals surface area contributed by atoms with Crippen molar-refractivity contribution in [3.63, 3.8) is 0 Å². The van der Waals surface area contributed by atoms with E-state index < -0.39 is 23.3 Å². The number of benzene rings is 1. The Morgan fingerprint density at radius 2 is 2.16 bits per heavy atom. The third-order valence-electron chi connectivity index (χ3n) is 5.27. The summed E-state index contributed by atoms with van der Waals surface area (Å²) < 4.78 is 13.1. The molecule has 0 unspecified atom stereocenters. The summed E-state index contributed by atoms with van der Waals surface area (Å²) in [6, 6.07) is 3.49. The van der Waals surface area contributed by atoms with E-state index in [0.717, 1.165) is 24.2 Å². The molecule has 0 radical (unpaired) electrons. The van der Waals surface area contributed by atoms with Crippen LogP contribution in [0, 0.1) is 18.7 Å². The molecule has 2 N–H and O–H groups in total. The first-order chi connectivity index (χ1) is 11.8. The summed E-state index contributed by atoms with van der Waals surface area (Å²) in [5.41, 5.74) is 0.156. The molecular weight excluding hydrogens is 325 g/mol. The Morgan fingerprint density at radius 1 is 1.40 bits per heavy atom. The van der Waals surface area contributed by atoms with E-state index in [1.165, 1.54) is 18.2 Å². The Hall–Kier alpha value is -2.44. The maximum absolute atomic E-state index is 13.1. The maximum atomic E-state index is 13.1. The van der Waals surface area contributed by atoms with Gasteiger partial charge in [-0.25, -0.2) is 9.18 Å². The van der Waals surface area contributed by atoms with Gasteiger partial charge in [0.1, 0.15) is 17.9 Å². The molecule has 0 bridgehead atoms. The second-order valence-electron chi connectivity index (χ2n) is 6.95. The number of halogens is 1. The lowest BCUT2D eigenvalue weighted by Crippen LogP contribution is -2.54. The van der Waals surface area contributed by atoms with Crippen LogP contribution >= 0.6 is 0 Å². The smallest absolute Gasteiger partial charge is 0.324 e. The average Bonchev–Trinajstić information content (AvgIpc) is 2.78. The lowest BCUT2D eigenvalue weighted by atomic mass is 9.73. The molecule has 2 aliphatic rings. The van der Waals surface area contributed by atoms with Crippen molar-refractivity contribution >= 4 is 23.5 Å². The zero-order valence-electron chi connectivity index (χ0n) is 14.4. The van der Waals surface area contributed by atoms with Crippen LogP contribution in [0.15, 0.2) is 18.2 Å². The third-order valence-corrected chi connectivity index (χ3v) is 5.27. The van der Waals surface area contributed by atoms with Gasteiger partial charge in [0.15, 0.2) is 0 Å². The molecule has 7 heteroatoms. The standard InChI is InChI=1S/C18H22FN3O3/c1-11-9-13(19)6-7-14(11)20-15(23)10-22-16(24)18(21-17(22)25)8-4-3-5-12(18)2/h6-7,9,12H,3-5,8,10H2,1-2H3,(H,20,23)(H,21,25)/t12-,18+/m1/s1. The largest absolute Gasteiger partial charge is 0.325 e. The minimum Gasteiger partial charge on any atom is -0.324 e. The predicted octanol–water partition coefficient (Wildman–Crippen LogP) is 2.57. The van der Waals surface area contributed by atoms with Crippen LogP contribution in [-0.2, 0) is 9.59 Å². The summed E-state index contributed by atoms with van der Waals surface area (Å²) >= 11 is 0. The molecule has 25 heavy (non-hydrogen) atoms. The van der Waals surface area contributed by atoms with Gasteiger partial charge in [-0.1, -0.05) is 19.8 Å². The molecule has 4 amide bonds. The lowest BCUT2D eigenvalue weighted by molar-refractivity contribution is -0.136. The van der Waals surface area contributed by atoms with Crippen LogP contribution in [0.4, 0.5) is 14.9 Å². The molecule has 1 aromatic carbocycles. The highest BCUT2D eigenvalue weighted by atomic mass is 19.1. The number of hydrogen-bond acceptors (Lipinski definition) is 3. The summed E-state index contributed by atoms with van der Waals surface area (Å²) in [6.45, 7) is 3.28. The molecule has 1 aliphatic carbocycles. The Balaban J connectivity index is 1.71. The van der Waals surface area contributed by atoms with Crippen LogP contribution in [0.3, 0.4) is 0 Å². The van der Waals surface area contributed by atoms with Crippen molar-refractivity contribution in [2.75, 3.05) is 11.9 Å². The van der Waals surface area contributed by atoms with Gasteiger partial charge < -0.3 is 10.6 Å². The number of aryl methyl sites for hydroxylation is 1. The van der Waals surface area contributed by atoms with E-state index in [1.807, 2.05) is 6.92 Å². The Morgan fingerprint density at radius 3 is 2.84 bits per heavy atom. The molecule has 6 nitrogen and oxygen atoms in total. The topological polar surface area (TPSA) is 78.5 Å². The Labute approximate surface area is 145 Å². The highest BCUT2D eigenvalue weighted by molar-refractivity contribution is 6.10. The molecule has 2 fully saturated rings. The molecule has 2 atom stereocenters. The van der Waals surface area contributed by atoms with E-state index in [0.29, 0.717) is 17.7 Å². The van der Waals surface area contributed by atoms with E-state index in [2.05, 4.69) is 10.6 Å². The monoisotopic (exact) mass is 347 g/mol. The number of amides is 4. The van der Waals surface area contributed by atoms with Gasteiger partial charge in [-0.2, -0.15) is 0 Å². The molecule has 0 aromatic heterocycles. The molecule has 3 rings (SSSR count). The van der Waals surface area contributed by atoms with E-state index in [1.54, 1.807) is 6.92 Å². The van der Waals surface area contributed by atoms with Crippen LogP contribution in [-0.4, -0.2) is 34.8 Å². The molecule has 1 aliphatic heterocycles. The Kier molecular flexibility index (Phi) is 4.49. The van der Waals surface area contributed by atoms with Crippen LogP contribution in [0.2, 0.25) is 0 Å². The first-order valence-corrected chi connectivity index (χ1v) is 8.53. The lowest BCUT2D eigenvalue weighted by Gasteiger charge is -2.36.